The van der Waals surface area contributed by atoms with Crippen LogP contribution < -0.4 is 0 Å². The van der Waals surface area contributed by atoms with Crippen molar-refractivity contribution in [2.75, 3.05) is 26.4 Å². The fraction of sp³-hybridized carbons (Fsp3) is 0.833. The molecule has 0 spiro atoms. The number of carboxylic acids is 2. The zero-order valence-corrected chi connectivity index (χ0v) is 11.7. The second-order valence-electron chi connectivity index (χ2n) is 4.51. The lowest BCUT2D eigenvalue weighted by Gasteiger charge is -2.21. The normalized spacial score (nSPS) is 11.5. The number of hydrogen-bond acceptors (Lipinski definition) is 6. The van der Waals surface area contributed by atoms with E-state index in [1.54, 1.807) is 13.8 Å². The van der Waals surface area contributed by atoms with Gasteiger partial charge in [-0.3, -0.25) is 9.59 Å². The second-order valence-corrected chi connectivity index (χ2v) is 4.51. The highest BCUT2D eigenvalue weighted by molar-refractivity contribution is 5.75. The van der Waals surface area contributed by atoms with Gasteiger partial charge in [0.05, 0.1) is 26.4 Å². The summed E-state index contributed by atoms with van der Waals surface area (Å²) >= 11 is 0. The van der Waals surface area contributed by atoms with Gasteiger partial charge in [0.2, 0.25) is 0 Å². The summed E-state index contributed by atoms with van der Waals surface area (Å²) in [5.41, 5.74) is -2.69. The van der Waals surface area contributed by atoms with Crippen LogP contribution in [0.5, 0.6) is 0 Å². The third kappa shape index (κ3) is 5.04. The van der Waals surface area contributed by atoms with Crippen LogP contribution in [-0.2, 0) is 9.59 Å². The Morgan fingerprint density at radius 3 is 0.900 bits per heavy atom. The summed E-state index contributed by atoms with van der Waals surface area (Å²) in [4.78, 5) is 20.8. The van der Waals surface area contributed by atoms with E-state index >= 15 is 0 Å². The SMILES string of the molecule is CCC(CO)(CO)C(=O)O.CCC(CO)(CO)C(=O)O. The maximum Gasteiger partial charge on any atom is 0.314 e. The summed E-state index contributed by atoms with van der Waals surface area (Å²) in [5.74, 6) is -2.31. The topological polar surface area (TPSA) is 156 Å². The summed E-state index contributed by atoms with van der Waals surface area (Å²) in [6.07, 6.45) is 0.463. The van der Waals surface area contributed by atoms with E-state index in [9.17, 15) is 9.59 Å². The van der Waals surface area contributed by atoms with E-state index < -0.39 is 49.2 Å². The van der Waals surface area contributed by atoms with Crippen molar-refractivity contribution in [3.8, 4) is 0 Å². The van der Waals surface area contributed by atoms with Crippen molar-refractivity contribution in [2.24, 2.45) is 10.8 Å². The minimum atomic E-state index is -1.35. The van der Waals surface area contributed by atoms with Gasteiger partial charge in [-0.1, -0.05) is 13.8 Å². The molecule has 0 aromatic carbocycles. The Labute approximate surface area is 117 Å². The largest absolute Gasteiger partial charge is 0.481 e. The predicted molar refractivity (Wildman–Crippen MR) is 69.1 cm³/mol. The smallest absolute Gasteiger partial charge is 0.314 e. The van der Waals surface area contributed by atoms with Crippen LogP contribution >= 0.6 is 0 Å². The first kappa shape index (κ1) is 21.1. The molecule has 0 aromatic heterocycles. The molecule has 8 nitrogen and oxygen atoms in total. The highest BCUT2D eigenvalue weighted by atomic mass is 16.4. The molecule has 0 unspecified atom stereocenters. The van der Waals surface area contributed by atoms with Gasteiger partial charge in [0.25, 0.3) is 0 Å². The molecule has 0 saturated carbocycles. The number of rotatable bonds is 8. The highest BCUT2D eigenvalue weighted by Gasteiger charge is 2.35. The van der Waals surface area contributed by atoms with E-state index in [0.717, 1.165) is 0 Å². The molecule has 0 saturated heterocycles. The predicted octanol–water partition coefficient (Wildman–Crippen LogP) is -1.10. The molecule has 0 fully saturated rings. The van der Waals surface area contributed by atoms with Gasteiger partial charge in [-0.25, -0.2) is 0 Å². The standard InChI is InChI=1S/2C6H12O4/c2*1-2-6(3-7,4-8)5(9)10/h2*7-8H,2-4H2,1H3,(H,9,10). The van der Waals surface area contributed by atoms with Crippen LogP contribution in [0.1, 0.15) is 26.7 Å². The lowest BCUT2D eigenvalue weighted by atomic mass is 9.87. The summed E-state index contributed by atoms with van der Waals surface area (Å²) in [7, 11) is 0. The van der Waals surface area contributed by atoms with E-state index in [1.807, 2.05) is 0 Å². The van der Waals surface area contributed by atoms with Crippen molar-refractivity contribution in [3.05, 3.63) is 0 Å². The number of aliphatic hydroxyl groups is 4. The molecular formula is C12H24O8. The van der Waals surface area contributed by atoms with Crippen LogP contribution in [0.3, 0.4) is 0 Å². The van der Waals surface area contributed by atoms with Gasteiger partial charge in [0.15, 0.2) is 0 Å². The monoisotopic (exact) mass is 296 g/mol. The van der Waals surface area contributed by atoms with Crippen molar-refractivity contribution in [1.82, 2.24) is 0 Å². The molecule has 0 aliphatic carbocycles. The van der Waals surface area contributed by atoms with E-state index in [4.69, 9.17) is 30.6 Å². The van der Waals surface area contributed by atoms with E-state index in [2.05, 4.69) is 0 Å². The van der Waals surface area contributed by atoms with Gasteiger partial charge in [-0.2, -0.15) is 0 Å². The number of aliphatic hydroxyl groups excluding tert-OH is 4. The fourth-order valence-electron chi connectivity index (χ4n) is 1.12. The lowest BCUT2D eigenvalue weighted by molar-refractivity contribution is -0.155. The molecule has 0 amide bonds. The van der Waals surface area contributed by atoms with E-state index in [0.29, 0.717) is 0 Å². The van der Waals surface area contributed by atoms with Gasteiger partial charge in [0.1, 0.15) is 10.8 Å². The van der Waals surface area contributed by atoms with Gasteiger partial charge in [-0.05, 0) is 12.8 Å². The molecule has 0 radical (unpaired) electrons. The maximum atomic E-state index is 10.4. The van der Waals surface area contributed by atoms with Crippen molar-refractivity contribution in [3.63, 3.8) is 0 Å². The number of aliphatic carboxylic acids is 2. The van der Waals surface area contributed by atoms with Crippen LogP contribution in [0, 0.1) is 10.8 Å². The second kappa shape index (κ2) is 9.65. The average molecular weight is 296 g/mol. The average Bonchev–Trinajstić information content (AvgIpc) is 2.44. The Balaban J connectivity index is 0. The maximum absolute atomic E-state index is 10.4. The zero-order valence-electron chi connectivity index (χ0n) is 11.7. The number of carboxylic acid groups (broad SMARTS) is 2. The minimum Gasteiger partial charge on any atom is -0.481 e. The Kier molecular flexibility index (Phi) is 10.2. The number of carbonyl (C=O) groups is 2. The molecule has 120 valence electrons. The first-order valence-corrected chi connectivity index (χ1v) is 6.16. The van der Waals surface area contributed by atoms with Crippen LogP contribution in [0.2, 0.25) is 0 Å². The molecular weight excluding hydrogens is 272 g/mol. The zero-order chi connectivity index (χ0) is 16.4. The molecule has 0 atom stereocenters. The molecule has 20 heavy (non-hydrogen) atoms. The Morgan fingerprint density at radius 2 is 0.900 bits per heavy atom. The third-order valence-electron chi connectivity index (χ3n) is 3.47. The van der Waals surface area contributed by atoms with Crippen LogP contribution in [0.25, 0.3) is 0 Å². The fourth-order valence-corrected chi connectivity index (χ4v) is 1.12. The molecule has 0 heterocycles. The summed E-state index contributed by atoms with van der Waals surface area (Å²) in [6, 6.07) is 0. The molecule has 0 rings (SSSR count). The van der Waals surface area contributed by atoms with Crippen LogP contribution in [0.15, 0.2) is 0 Å². The van der Waals surface area contributed by atoms with Gasteiger partial charge >= 0.3 is 11.9 Å². The first-order chi connectivity index (χ1) is 9.25. The lowest BCUT2D eigenvalue weighted by Crippen LogP contribution is -2.37. The summed E-state index contributed by atoms with van der Waals surface area (Å²) in [5, 5.41) is 51.4. The first-order valence-electron chi connectivity index (χ1n) is 6.16. The van der Waals surface area contributed by atoms with Crippen molar-refractivity contribution in [1.29, 1.82) is 0 Å². The molecule has 0 aliphatic rings. The van der Waals surface area contributed by atoms with Crippen molar-refractivity contribution in [2.45, 2.75) is 26.7 Å². The third-order valence-corrected chi connectivity index (χ3v) is 3.47. The van der Waals surface area contributed by atoms with E-state index in [-0.39, 0.29) is 12.8 Å². The van der Waals surface area contributed by atoms with Crippen molar-refractivity contribution >= 4 is 11.9 Å². The molecule has 0 aliphatic heterocycles. The highest BCUT2D eigenvalue weighted by Crippen LogP contribution is 2.20. The van der Waals surface area contributed by atoms with Gasteiger partial charge < -0.3 is 30.6 Å². The number of hydrogen-bond donors (Lipinski definition) is 6. The summed E-state index contributed by atoms with van der Waals surface area (Å²) < 4.78 is 0. The van der Waals surface area contributed by atoms with Crippen LogP contribution in [0.4, 0.5) is 0 Å². The quantitative estimate of drug-likeness (QED) is 0.330. The molecule has 8 heteroatoms. The molecule has 0 bridgehead atoms. The molecule has 6 N–H and O–H groups in total. The summed E-state index contributed by atoms with van der Waals surface area (Å²) in [6.45, 7) is 1.15. The minimum absolute atomic E-state index is 0.231. The Hall–Kier alpha value is -1.22. The van der Waals surface area contributed by atoms with Crippen LogP contribution in [-0.4, -0.2) is 69.0 Å². The molecule has 0 aromatic rings. The van der Waals surface area contributed by atoms with E-state index in [1.165, 1.54) is 0 Å². The Morgan fingerprint density at radius 1 is 0.700 bits per heavy atom. The Bertz CT molecular complexity index is 247. The van der Waals surface area contributed by atoms with Crippen molar-refractivity contribution < 1.29 is 40.2 Å². The van der Waals surface area contributed by atoms with Gasteiger partial charge in [-0.15, -0.1) is 0 Å². The van der Waals surface area contributed by atoms with Gasteiger partial charge in [0, 0.05) is 0 Å².